The Morgan fingerprint density at radius 1 is 0.966 bits per heavy atom. The van der Waals surface area contributed by atoms with Gasteiger partial charge in [0.05, 0.1) is 18.1 Å². The minimum atomic E-state index is -0.118. The maximum absolute atomic E-state index is 12.6. The van der Waals surface area contributed by atoms with Crippen molar-refractivity contribution in [2.24, 2.45) is 0 Å². The number of aromatic nitrogens is 2. The van der Waals surface area contributed by atoms with Gasteiger partial charge in [-0.3, -0.25) is 4.79 Å². The average Bonchev–Trinajstić information content (AvgIpc) is 3.45. The van der Waals surface area contributed by atoms with Crippen LogP contribution in [0.4, 0.5) is 0 Å². The summed E-state index contributed by atoms with van der Waals surface area (Å²) in [6, 6.07) is 23.4. The van der Waals surface area contributed by atoms with Gasteiger partial charge in [-0.2, -0.15) is 0 Å². The lowest BCUT2D eigenvalue weighted by Gasteiger charge is -2.19. The van der Waals surface area contributed by atoms with Crippen LogP contribution < -0.4 is 5.32 Å². The van der Waals surface area contributed by atoms with Crippen molar-refractivity contribution in [2.45, 2.75) is 17.7 Å². The molecule has 0 unspecified atom stereocenters. The Hall–Kier alpha value is -3.32. The Bertz CT molecular complexity index is 1030. The van der Waals surface area contributed by atoms with E-state index in [1.54, 1.807) is 12.1 Å². The van der Waals surface area contributed by atoms with Crippen molar-refractivity contribution < 1.29 is 13.6 Å². The number of hydrogen-bond acceptors (Lipinski definition) is 6. The minimum Gasteiger partial charge on any atom is -0.459 e. The smallest absolute Gasteiger partial charge is 0.284 e. The van der Waals surface area contributed by atoms with Gasteiger partial charge in [0.15, 0.2) is 5.76 Å². The predicted molar refractivity (Wildman–Crippen MR) is 110 cm³/mol. The monoisotopic (exact) mass is 405 g/mol. The van der Waals surface area contributed by atoms with Crippen LogP contribution in [0, 0.1) is 0 Å². The first-order chi connectivity index (χ1) is 14.3. The first kappa shape index (κ1) is 19.0. The predicted octanol–water partition coefficient (Wildman–Crippen LogP) is 4.52. The van der Waals surface area contributed by atoms with Crippen molar-refractivity contribution in [3.63, 3.8) is 0 Å². The first-order valence-electron chi connectivity index (χ1n) is 9.16. The van der Waals surface area contributed by atoms with Gasteiger partial charge in [-0.25, -0.2) is 0 Å². The van der Waals surface area contributed by atoms with Crippen LogP contribution in [0.3, 0.4) is 0 Å². The Balaban J connectivity index is 1.39. The maximum atomic E-state index is 12.6. The number of rotatable bonds is 8. The highest BCUT2D eigenvalue weighted by Gasteiger charge is 2.17. The van der Waals surface area contributed by atoms with Gasteiger partial charge in [0.2, 0.25) is 5.91 Å². The normalized spacial score (nSPS) is 11.9. The SMILES string of the molecule is O=C(CSc1nnc(-c2ccco2)o1)N[C@H](Cc1ccccc1)c1ccccc1. The number of carbonyl (C=O) groups excluding carboxylic acids is 1. The number of furan rings is 1. The summed E-state index contributed by atoms with van der Waals surface area (Å²) in [5, 5.41) is 11.3. The fourth-order valence-electron chi connectivity index (χ4n) is 2.92. The maximum Gasteiger partial charge on any atom is 0.284 e. The third-order valence-corrected chi connectivity index (χ3v) is 5.10. The van der Waals surface area contributed by atoms with Crippen LogP contribution in [0.2, 0.25) is 0 Å². The molecule has 29 heavy (non-hydrogen) atoms. The molecule has 0 spiro atoms. The lowest BCUT2D eigenvalue weighted by molar-refractivity contribution is -0.119. The molecule has 7 heteroatoms. The third-order valence-electron chi connectivity index (χ3n) is 4.28. The zero-order valence-electron chi connectivity index (χ0n) is 15.5. The summed E-state index contributed by atoms with van der Waals surface area (Å²) in [4.78, 5) is 12.6. The molecule has 0 fully saturated rings. The Morgan fingerprint density at radius 2 is 1.72 bits per heavy atom. The van der Waals surface area contributed by atoms with Crippen LogP contribution in [-0.4, -0.2) is 21.9 Å². The van der Waals surface area contributed by atoms with E-state index in [1.165, 1.54) is 18.0 Å². The third kappa shape index (κ3) is 5.14. The number of hydrogen-bond donors (Lipinski definition) is 1. The fourth-order valence-corrected chi connectivity index (χ4v) is 3.49. The highest BCUT2D eigenvalue weighted by atomic mass is 32.2. The van der Waals surface area contributed by atoms with Gasteiger partial charge >= 0.3 is 0 Å². The van der Waals surface area contributed by atoms with Crippen molar-refractivity contribution in [1.82, 2.24) is 15.5 Å². The second-order valence-corrected chi connectivity index (χ2v) is 7.29. The standard InChI is InChI=1S/C22H19N3O3S/c26-20(15-29-22-25-24-21(28-22)19-12-7-13-27-19)23-18(17-10-5-2-6-11-17)14-16-8-3-1-4-9-16/h1-13,18H,14-15H2,(H,23,26)/t18-/m1/s1. The van der Waals surface area contributed by atoms with E-state index in [0.29, 0.717) is 23.3 Å². The summed E-state index contributed by atoms with van der Waals surface area (Å²) in [6.07, 6.45) is 2.25. The molecular formula is C22H19N3O3S. The van der Waals surface area contributed by atoms with Crippen LogP contribution >= 0.6 is 11.8 Å². The van der Waals surface area contributed by atoms with Crippen LogP contribution in [-0.2, 0) is 11.2 Å². The molecule has 4 rings (SSSR count). The molecule has 4 aromatic rings. The summed E-state index contributed by atoms with van der Waals surface area (Å²) in [5.41, 5.74) is 2.22. The summed E-state index contributed by atoms with van der Waals surface area (Å²) in [7, 11) is 0. The fraction of sp³-hybridized carbons (Fsp3) is 0.136. The van der Waals surface area contributed by atoms with Gasteiger partial charge in [0.25, 0.3) is 11.1 Å². The highest BCUT2D eigenvalue weighted by Crippen LogP contribution is 2.24. The molecule has 2 aromatic heterocycles. The number of nitrogens with zero attached hydrogens (tertiary/aromatic N) is 2. The van der Waals surface area contributed by atoms with E-state index < -0.39 is 0 Å². The Labute approximate surface area is 172 Å². The van der Waals surface area contributed by atoms with Crippen molar-refractivity contribution >= 4 is 17.7 Å². The molecule has 0 saturated carbocycles. The van der Waals surface area contributed by atoms with Gasteiger partial charge in [0.1, 0.15) is 0 Å². The van der Waals surface area contributed by atoms with Gasteiger partial charge in [-0.15, -0.1) is 10.2 Å². The van der Waals surface area contributed by atoms with Crippen LogP contribution in [0.25, 0.3) is 11.7 Å². The zero-order valence-corrected chi connectivity index (χ0v) is 16.3. The molecule has 0 radical (unpaired) electrons. The number of nitrogens with one attached hydrogen (secondary N) is 1. The quantitative estimate of drug-likeness (QED) is 0.434. The lowest BCUT2D eigenvalue weighted by Crippen LogP contribution is -2.31. The topological polar surface area (TPSA) is 81.2 Å². The number of thioether (sulfide) groups is 1. The van der Waals surface area contributed by atoms with Crippen molar-refractivity contribution in [3.8, 4) is 11.7 Å². The molecule has 0 aliphatic carbocycles. The molecule has 0 saturated heterocycles. The van der Waals surface area contributed by atoms with Gasteiger partial charge in [-0.05, 0) is 29.7 Å². The number of amides is 1. The molecule has 0 aliphatic heterocycles. The molecular weight excluding hydrogens is 386 g/mol. The highest BCUT2D eigenvalue weighted by molar-refractivity contribution is 7.99. The van der Waals surface area contributed by atoms with E-state index in [9.17, 15) is 4.79 Å². The second-order valence-electron chi connectivity index (χ2n) is 6.36. The zero-order chi connectivity index (χ0) is 19.9. The van der Waals surface area contributed by atoms with E-state index in [1.807, 2.05) is 48.5 Å². The molecule has 1 amide bonds. The van der Waals surface area contributed by atoms with E-state index >= 15 is 0 Å². The van der Waals surface area contributed by atoms with Crippen molar-refractivity contribution in [2.75, 3.05) is 5.75 Å². The molecule has 0 aliphatic rings. The van der Waals surface area contributed by atoms with Gasteiger partial charge < -0.3 is 14.2 Å². The average molecular weight is 405 g/mol. The number of benzene rings is 2. The second kappa shape index (κ2) is 9.25. The largest absolute Gasteiger partial charge is 0.459 e. The van der Waals surface area contributed by atoms with Crippen LogP contribution in [0.15, 0.2) is 93.1 Å². The van der Waals surface area contributed by atoms with E-state index in [4.69, 9.17) is 8.83 Å². The molecule has 0 bridgehead atoms. The summed E-state index contributed by atoms with van der Waals surface area (Å²) < 4.78 is 10.8. The van der Waals surface area contributed by atoms with Gasteiger partial charge in [0, 0.05) is 0 Å². The van der Waals surface area contributed by atoms with E-state index in [-0.39, 0.29) is 17.7 Å². The lowest BCUT2D eigenvalue weighted by atomic mass is 9.99. The summed E-state index contributed by atoms with van der Waals surface area (Å²) in [6.45, 7) is 0. The molecule has 1 N–H and O–H groups in total. The summed E-state index contributed by atoms with van der Waals surface area (Å²) in [5.74, 6) is 0.875. The summed E-state index contributed by atoms with van der Waals surface area (Å²) >= 11 is 1.20. The molecule has 1 atom stereocenters. The van der Waals surface area contributed by atoms with Crippen LogP contribution in [0.5, 0.6) is 0 Å². The number of carbonyl (C=O) groups is 1. The molecule has 6 nitrogen and oxygen atoms in total. The van der Waals surface area contributed by atoms with Crippen LogP contribution in [0.1, 0.15) is 17.2 Å². The Kier molecular flexibility index (Phi) is 6.07. The van der Waals surface area contributed by atoms with Crippen molar-refractivity contribution in [3.05, 3.63) is 90.2 Å². The Morgan fingerprint density at radius 3 is 2.45 bits per heavy atom. The first-order valence-corrected chi connectivity index (χ1v) is 10.1. The van der Waals surface area contributed by atoms with E-state index in [2.05, 4.69) is 27.6 Å². The molecule has 146 valence electrons. The van der Waals surface area contributed by atoms with Crippen molar-refractivity contribution in [1.29, 1.82) is 0 Å². The minimum absolute atomic E-state index is 0.0995. The van der Waals surface area contributed by atoms with E-state index in [0.717, 1.165) is 11.1 Å². The molecule has 2 aromatic carbocycles. The van der Waals surface area contributed by atoms with Gasteiger partial charge in [-0.1, -0.05) is 72.4 Å². The molecule has 2 heterocycles.